The van der Waals surface area contributed by atoms with Crippen molar-refractivity contribution < 1.29 is 9.18 Å². The lowest BCUT2D eigenvalue weighted by Crippen LogP contribution is -2.37. The first kappa shape index (κ1) is 17.2. The van der Waals surface area contributed by atoms with Crippen molar-refractivity contribution in [1.29, 1.82) is 0 Å². The Labute approximate surface area is 137 Å². The zero-order valence-electron chi connectivity index (χ0n) is 13.8. The van der Waals surface area contributed by atoms with Crippen molar-refractivity contribution >= 4 is 5.91 Å². The third-order valence-electron chi connectivity index (χ3n) is 4.08. The van der Waals surface area contributed by atoms with Crippen LogP contribution in [-0.4, -0.2) is 24.4 Å². The van der Waals surface area contributed by atoms with Gasteiger partial charge in [0.05, 0.1) is 12.6 Å². The van der Waals surface area contributed by atoms with E-state index < -0.39 is 0 Å². The number of nitrogens with one attached hydrogen (secondary N) is 1. The Kier molecular flexibility index (Phi) is 5.88. The van der Waals surface area contributed by atoms with Crippen molar-refractivity contribution in [1.82, 2.24) is 10.2 Å². The zero-order chi connectivity index (χ0) is 16.8. The molecule has 0 aliphatic rings. The monoisotopic (exact) mass is 314 g/mol. The number of hydrogen-bond donors (Lipinski definition) is 1. The summed E-state index contributed by atoms with van der Waals surface area (Å²) in [4.78, 5) is 14.2. The molecule has 0 spiro atoms. The van der Waals surface area contributed by atoms with Crippen molar-refractivity contribution in [3.63, 3.8) is 0 Å². The van der Waals surface area contributed by atoms with E-state index in [0.29, 0.717) is 0 Å². The standard InChI is InChI=1S/C19H23FN2O/c1-14(16-7-5-4-6-8-16)21-19(23)13-22(3)15(2)17-9-11-18(20)12-10-17/h4-12,14-15H,13H2,1-3H3,(H,21,23). The number of nitrogens with zero attached hydrogens (tertiary/aromatic N) is 1. The van der Waals surface area contributed by atoms with Crippen LogP contribution in [0.15, 0.2) is 54.6 Å². The summed E-state index contributed by atoms with van der Waals surface area (Å²) in [6, 6.07) is 16.3. The molecular weight excluding hydrogens is 291 g/mol. The third kappa shape index (κ3) is 4.89. The van der Waals surface area contributed by atoms with Crippen LogP contribution >= 0.6 is 0 Å². The SMILES string of the molecule is CC(NC(=O)CN(C)C(C)c1ccc(F)cc1)c1ccccc1. The maximum atomic E-state index is 13.0. The summed E-state index contributed by atoms with van der Waals surface area (Å²) in [6.45, 7) is 4.26. The first-order chi connectivity index (χ1) is 11.0. The number of carbonyl (C=O) groups excluding carboxylic acids is 1. The number of halogens is 1. The molecule has 122 valence electrons. The molecule has 2 atom stereocenters. The second-order valence-electron chi connectivity index (χ2n) is 5.84. The molecule has 3 nitrogen and oxygen atoms in total. The quantitative estimate of drug-likeness (QED) is 0.882. The average Bonchev–Trinajstić information content (AvgIpc) is 2.55. The number of benzene rings is 2. The fourth-order valence-electron chi connectivity index (χ4n) is 2.47. The lowest BCUT2D eigenvalue weighted by molar-refractivity contribution is -0.123. The number of rotatable bonds is 6. The molecule has 23 heavy (non-hydrogen) atoms. The maximum Gasteiger partial charge on any atom is 0.234 e. The van der Waals surface area contributed by atoms with Gasteiger partial charge in [0.25, 0.3) is 0 Å². The Bertz CT molecular complexity index is 628. The molecule has 0 aliphatic carbocycles. The van der Waals surface area contributed by atoms with E-state index in [1.807, 2.05) is 56.1 Å². The van der Waals surface area contributed by atoms with Crippen LogP contribution in [0.3, 0.4) is 0 Å². The van der Waals surface area contributed by atoms with Crippen LogP contribution < -0.4 is 5.32 Å². The number of likely N-dealkylation sites (N-methyl/N-ethyl adjacent to an activating group) is 1. The smallest absolute Gasteiger partial charge is 0.234 e. The van der Waals surface area contributed by atoms with Crippen molar-refractivity contribution in [3.8, 4) is 0 Å². The van der Waals surface area contributed by atoms with Gasteiger partial charge in [-0.25, -0.2) is 4.39 Å². The highest BCUT2D eigenvalue weighted by atomic mass is 19.1. The van der Waals surface area contributed by atoms with Gasteiger partial charge in [-0.3, -0.25) is 9.69 Å². The molecular formula is C19H23FN2O. The van der Waals surface area contributed by atoms with Crippen LogP contribution in [0.2, 0.25) is 0 Å². The summed E-state index contributed by atoms with van der Waals surface area (Å²) in [6.07, 6.45) is 0. The molecule has 0 saturated carbocycles. The Morgan fingerprint density at radius 1 is 1.04 bits per heavy atom. The van der Waals surface area contributed by atoms with Gasteiger partial charge in [-0.05, 0) is 44.2 Å². The number of hydrogen-bond acceptors (Lipinski definition) is 2. The lowest BCUT2D eigenvalue weighted by Gasteiger charge is -2.25. The zero-order valence-corrected chi connectivity index (χ0v) is 13.8. The van der Waals surface area contributed by atoms with E-state index in [4.69, 9.17) is 0 Å². The van der Waals surface area contributed by atoms with Crippen LogP contribution in [0.25, 0.3) is 0 Å². The largest absolute Gasteiger partial charge is 0.348 e. The van der Waals surface area contributed by atoms with E-state index in [1.165, 1.54) is 12.1 Å². The number of carbonyl (C=O) groups is 1. The van der Waals surface area contributed by atoms with Gasteiger partial charge in [0, 0.05) is 6.04 Å². The molecule has 0 fully saturated rings. The van der Waals surface area contributed by atoms with Gasteiger partial charge in [-0.2, -0.15) is 0 Å². The van der Waals surface area contributed by atoms with Crippen LogP contribution in [0.4, 0.5) is 4.39 Å². The van der Waals surface area contributed by atoms with Gasteiger partial charge in [-0.15, -0.1) is 0 Å². The highest BCUT2D eigenvalue weighted by Gasteiger charge is 2.16. The van der Waals surface area contributed by atoms with Gasteiger partial charge in [-0.1, -0.05) is 42.5 Å². The van der Waals surface area contributed by atoms with Crippen LogP contribution in [-0.2, 0) is 4.79 Å². The van der Waals surface area contributed by atoms with E-state index in [9.17, 15) is 9.18 Å². The first-order valence-electron chi connectivity index (χ1n) is 7.77. The fourth-order valence-corrected chi connectivity index (χ4v) is 2.47. The van der Waals surface area contributed by atoms with Gasteiger partial charge >= 0.3 is 0 Å². The fraction of sp³-hybridized carbons (Fsp3) is 0.316. The molecule has 2 rings (SSSR count). The van der Waals surface area contributed by atoms with Crippen LogP contribution in [0, 0.1) is 5.82 Å². The molecule has 0 aliphatic heterocycles. The molecule has 2 unspecified atom stereocenters. The van der Waals surface area contributed by atoms with E-state index in [0.717, 1.165) is 11.1 Å². The highest BCUT2D eigenvalue weighted by Crippen LogP contribution is 2.19. The van der Waals surface area contributed by atoms with Crippen molar-refractivity contribution in [2.45, 2.75) is 25.9 Å². The molecule has 1 N–H and O–H groups in total. The van der Waals surface area contributed by atoms with Crippen molar-refractivity contribution in [3.05, 3.63) is 71.5 Å². The molecule has 0 saturated heterocycles. The van der Waals surface area contributed by atoms with Gasteiger partial charge < -0.3 is 5.32 Å². The summed E-state index contributed by atoms with van der Waals surface area (Å²) in [7, 11) is 1.89. The normalized spacial score (nSPS) is 13.6. The summed E-state index contributed by atoms with van der Waals surface area (Å²) >= 11 is 0. The molecule has 0 radical (unpaired) electrons. The van der Waals surface area contributed by atoms with E-state index in [2.05, 4.69) is 5.32 Å². The Balaban J connectivity index is 1.90. The highest BCUT2D eigenvalue weighted by molar-refractivity contribution is 5.78. The van der Waals surface area contributed by atoms with Gasteiger partial charge in [0.1, 0.15) is 5.82 Å². The molecule has 2 aromatic rings. The molecule has 4 heteroatoms. The minimum Gasteiger partial charge on any atom is -0.348 e. The Hall–Kier alpha value is -2.20. The summed E-state index contributed by atoms with van der Waals surface area (Å²) < 4.78 is 13.0. The summed E-state index contributed by atoms with van der Waals surface area (Å²) in [5.41, 5.74) is 2.06. The predicted molar refractivity (Wildman–Crippen MR) is 90.4 cm³/mol. The Morgan fingerprint density at radius 2 is 1.65 bits per heavy atom. The second kappa shape index (κ2) is 7.88. The van der Waals surface area contributed by atoms with Crippen LogP contribution in [0.5, 0.6) is 0 Å². The minimum absolute atomic E-state index is 0.0294. The van der Waals surface area contributed by atoms with E-state index in [1.54, 1.807) is 12.1 Å². The third-order valence-corrected chi connectivity index (χ3v) is 4.08. The van der Waals surface area contributed by atoms with E-state index in [-0.39, 0.29) is 30.4 Å². The Morgan fingerprint density at radius 3 is 2.26 bits per heavy atom. The average molecular weight is 314 g/mol. The molecule has 0 heterocycles. The van der Waals surface area contributed by atoms with Gasteiger partial charge in [0.2, 0.25) is 5.91 Å². The van der Waals surface area contributed by atoms with Gasteiger partial charge in [0.15, 0.2) is 0 Å². The number of amides is 1. The van der Waals surface area contributed by atoms with Crippen LogP contribution in [0.1, 0.15) is 37.1 Å². The lowest BCUT2D eigenvalue weighted by atomic mass is 10.1. The maximum absolute atomic E-state index is 13.0. The summed E-state index contributed by atoms with van der Waals surface area (Å²) in [5, 5.41) is 3.00. The predicted octanol–water partition coefficient (Wildman–Crippen LogP) is 3.70. The van der Waals surface area contributed by atoms with Crippen molar-refractivity contribution in [2.24, 2.45) is 0 Å². The van der Waals surface area contributed by atoms with Crippen molar-refractivity contribution in [2.75, 3.05) is 13.6 Å². The second-order valence-corrected chi connectivity index (χ2v) is 5.84. The minimum atomic E-state index is -0.252. The van der Waals surface area contributed by atoms with E-state index >= 15 is 0 Å². The molecule has 1 amide bonds. The molecule has 0 aromatic heterocycles. The summed E-state index contributed by atoms with van der Waals surface area (Å²) in [5.74, 6) is -0.282. The first-order valence-corrected chi connectivity index (χ1v) is 7.77. The topological polar surface area (TPSA) is 32.3 Å². The molecule has 2 aromatic carbocycles. The molecule has 0 bridgehead atoms.